The van der Waals surface area contributed by atoms with Gasteiger partial charge in [-0.3, -0.25) is 0 Å². The highest BCUT2D eigenvalue weighted by Gasteiger charge is 2.28. The fraction of sp³-hybridized carbons (Fsp3) is 0.214. The van der Waals surface area contributed by atoms with E-state index in [0.717, 1.165) is 0 Å². The van der Waals surface area contributed by atoms with Crippen molar-refractivity contribution in [3.8, 4) is 0 Å². The average Bonchev–Trinajstić information content (AvgIpc) is 2.33. The lowest BCUT2D eigenvalue weighted by Crippen LogP contribution is -2.25. The molecule has 3 nitrogen and oxygen atoms in total. The number of pyridine rings is 1. The van der Waals surface area contributed by atoms with Crippen molar-refractivity contribution in [2.24, 2.45) is 0 Å². The Hall–Kier alpha value is -1.94. The number of halogens is 1. The molecule has 94 valence electrons. The molecule has 1 aromatic carbocycles. The van der Waals surface area contributed by atoms with Crippen LogP contribution in [-0.2, 0) is 5.60 Å². The molecule has 1 unspecified atom stereocenters. The van der Waals surface area contributed by atoms with Gasteiger partial charge in [0.1, 0.15) is 17.2 Å². The molecule has 1 aromatic heterocycles. The molecule has 0 radical (unpaired) electrons. The summed E-state index contributed by atoms with van der Waals surface area (Å²) in [6, 6.07) is 8.00. The van der Waals surface area contributed by atoms with Crippen LogP contribution in [0.5, 0.6) is 0 Å². The van der Waals surface area contributed by atoms with Gasteiger partial charge in [0, 0.05) is 11.8 Å². The first-order valence-corrected chi connectivity index (χ1v) is 5.63. The van der Waals surface area contributed by atoms with E-state index < -0.39 is 5.60 Å². The van der Waals surface area contributed by atoms with E-state index in [-0.39, 0.29) is 11.6 Å². The van der Waals surface area contributed by atoms with Crippen molar-refractivity contribution < 1.29 is 9.50 Å². The minimum atomic E-state index is -1.37. The van der Waals surface area contributed by atoms with Gasteiger partial charge in [0.25, 0.3) is 0 Å². The van der Waals surface area contributed by atoms with Crippen molar-refractivity contribution in [3.63, 3.8) is 0 Å². The van der Waals surface area contributed by atoms with Crippen LogP contribution in [0.15, 0.2) is 36.5 Å². The highest BCUT2D eigenvalue weighted by atomic mass is 19.1. The van der Waals surface area contributed by atoms with Gasteiger partial charge >= 0.3 is 0 Å². The Morgan fingerprint density at radius 2 is 2.06 bits per heavy atom. The number of hydrogen-bond donors (Lipinski definition) is 2. The highest BCUT2D eigenvalue weighted by molar-refractivity contribution is 5.48. The van der Waals surface area contributed by atoms with E-state index in [9.17, 15) is 9.50 Å². The van der Waals surface area contributed by atoms with Crippen LogP contribution in [0.25, 0.3) is 0 Å². The third-order valence-corrected chi connectivity index (χ3v) is 3.10. The van der Waals surface area contributed by atoms with Gasteiger partial charge in [0.2, 0.25) is 0 Å². The number of nitrogens with zero attached hydrogens (tertiary/aromatic N) is 1. The Labute approximate surface area is 105 Å². The van der Waals surface area contributed by atoms with Gasteiger partial charge in [0.15, 0.2) is 0 Å². The quantitative estimate of drug-likeness (QED) is 0.855. The highest BCUT2D eigenvalue weighted by Crippen LogP contribution is 2.32. The van der Waals surface area contributed by atoms with E-state index in [1.165, 1.54) is 6.07 Å². The molecule has 1 atom stereocenters. The molecule has 4 heteroatoms. The minimum Gasteiger partial charge on any atom is -0.383 e. The molecular formula is C14H15FN2O. The van der Waals surface area contributed by atoms with Crippen LogP contribution in [0.2, 0.25) is 0 Å². The van der Waals surface area contributed by atoms with Crippen LogP contribution in [0.4, 0.5) is 10.2 Å². The van der Waals surface area contributed by atoms with Gasteiger partial charge in [-0.25, -0.2) is 9.37 Å². The molecule has 2 rings (SSSR count). The number of aryl methyl sites for hydroxylation is 1. The van der Waals surface area contributed by atoms with Crippen LogP contribution in [0.3, 0.4) is 0 Å². The molecule has 0 fully saturated rings. The maximum absolute atomic E-state index is 13.6. The minimum absolute atomic E-state index is 0.239. The summed E-state index contributed by atoms with van der Waals surface area (Å²) in [4.78, 5) is 3.93. The zero-order chi connectivity index (χ0) is 13.3. The predicted octanol–water partition coefficient (Wildman–Crippen LogP) is 2.37. The SMILES string of the molecule is Cc1ccc(C(C)(O)c2cccnc2N)cc1F. The second-order valence-electron chi connectivity index (χ2n) is 4.47. The Morgan fingerprint density at radius 1 is 1.33 bits per heavy atom. The summed E-state index contributed by atoms with van der Waals surface area (Å²) < 4.78 is 13.6. The zero-order valence-corrected chi connectivity index (χ0v) is 10.3. The fourth-order valence-electron chi connectivity index (χ4n) is 1.88. The number of benzene rings is 1. The Kier molecular flexibility index (Phi) is 3.05. The van der Waals surface area contributed by atoms with Crippen molar-refractivity contribution in [3.05, 3.63) is 59.0 Å². The van der Waals surface area contributed by atoms with Crippen molar-refractivity contribution in [1.82, 2.24) is 4.98 Å². The molecule has 3 N–H and O–H groups in total. The zero-order valence-electron chi connectivity index (χ0n) is 10.3. The number of rotatable bonds is 2. The Morgan fingerprint density at radius 3 is 2.67 bits per heavy atom. The number of aromatic nitrogens is 1. The molecule has 2 aromatic rings. The van der Waals surface area contributed by atoms with E-state index in [4.69, 9.17) is 5.73 Å². The summed E-state index contributed by atoms with van der Waals surface area (Å²) in [5.74, 6) is -0.112. The summed E-state index contributed by atoms with van der Waals surface area (Å²) in [6.45, 7) is 3.25. The number of aliphatic hydroxyl groups is 1. The largest absolute Gasteiger partial charge is 0.383 e. The van der Waals surface area contributed by atoms with Gasteiger partial charge in [-0.15, -0.1) is 0 Å². The van der Waals surface area contributed by atoms with Gasteiger partial charge < -0.3 is 10.8 Å². The summed E-state index contributed by atoms with van der Waals surface area (Å²) in [7, 11) is 0. The third-order valence-electron chi connectivity index (χ3n) is 3.10. The van der Waals surface area contributed by atoms with E-state index in [0.29, 0.717) is 16.7 Å². The van der Waals surface area contributed by atoms with Crippen molar-refractivity contribution in [1.29, 1.82) is 0 Å². The van der Waals surface area contributed by atoms with E-state index in [1.807, 2.05) is 0 Å². The number of hydrogen-bond acceptors (Lipinski definition) is 3. The normalized spacial score (nSPS) is 14.2. The lowest BCUT2D eigenvalue weighted by atomic mass is 9.88. The van der Waals surface area contributed by atoms with Crippen molar-refractivity contribution >= 4 is 5.82 Å². The van der Waals surface area contributed by atoms with Crippen LogP contribution in [-0.4, -0.2) is 10.1 Å². The second kappa shape index (κ2) is 4.38. The van der Waals surface area contributed by atoms with Crippen LogP contribution in [0, 0.1) is 12.7 Å². The molecular weight excluding hydrogens is 231 g/mol. The van der Waals surface area contributed by atoms with E-state index in [1.54, 1.807) is 44.3 Å². The lowest BCUT2D eigenvalue weighted by Gasteiger charge is -2.25. The molecule has 0 aliphatic carbocycles. The summed E-state index contributed by atoms with van der Waals surface area (Å²) >= 11 is 0. The first kappa shape index (κ1) is 12.5. The topological polar surface area (TPSA) is 59.1 Å². The van der Waals surface area contributed by atoms with Crippen LogP contribution in [0.1, 0.15) is 23.6 Å². The molecule has 0 saturated carbocycles. The van der Waals surface area contributed by atoms with Crippen molar-refractivity contribution in [2.45, 2.75) is 19.4 Å². The predicted molar refractivity (Wildman–Crippen MR) is 68.5 cm³/mol. The number of anilines is 1. The smallest absolute Gasteiger partial charge is 0.129 e. The van der Waals surface area contributed by atoms with Crippen molar-refractivity contribution in [2.75, 3.05) is 5.73 Å². The van der Waals surface area contributed by atoms with Gasteiger partial charge in [-0.1, -0.05) is 18.2 Å². The fourth-order valence-corrected chi connectivity index (χ4v) is 1.88. The standard InChI is InChI=1S/C14H15FN2O/c1-9-5-6-10(8-12(9)15)14(2,18)11-4-3-7-17-13(11)16/h3-8,18H,1-2H3,(H2,16,17). The summed E-state index contributed by atoms with van der Waals surface area (Å²) in [5.41, 5.74) is 5.83. The summed E-state index contributed by atoms with van der Waals surface area (Å²) in [5, 5.41) is 10.6. The molecule has 18 heavy (non-hydrogen) atoms. The molecule has 0 aliphatic rings. The summed E-state index contributed by atoms with van der Waals surface area (Å²) in [6.07, 6.45) is 1.55. The first-order valence-electron chi connectivity index (χ1n) is 5.63. The molecule has 1 heterocycles. The second-order valence-corrected chi connectivity index (χ2v) is 4.47. The maximum Gasteiger partial charge on any atom is 0.129 e. The molecule has 0 amide bonds. The van der Waals surface area contributed by atoms with Crippen LogP contribution < -0.4 is 5.73 Å². The van der Waals surface area contributed by atoms with Crippen LogP contribution >= 0.6 is 0 Å². The Bertz CT molecular complexity index is 582. The molecule has 0 bridgehead atoms. The molecule has 0 saturated heterocycles. The maximum atomic E-state index is 13.6. The van der Waals surface area contributed by atoms with Gasteiger partial charge in [-0.2, -0.15) is 0 Å². The third kappa shape index (κ3) is 2.07. The average molecular weight is 246 g/mol. The lowest BCUT2D eigenvalue weighted by molar-refractivity contribution is 0.102. The van der Waals surface area contributed by atoms with E-state index >= 15 is 0 Å². The monoisotopic (exact) mass is 246 g/mol. The Balaban J connectivity index is 2.54. The first-order chi connectivity index (χ1) is 8.43. The van der Waals surface area contributed by atoms with Gasteiger partial charge in [0.05, 0.1) is 0 Å². The van der Waals surface area contributed by atoms with Gasteiger partial charge in [-0.05, 0) is 37.1 Å². The molecule has 0 spiro atoms. The number of nitrogens with two attached hydrogens (primary N) is 1. The molecule has 0 aliphatic heterocycles. The number of nitrogen functional groups attached to an aromatic ring is 1. The van der Waals surface area contributed by atoms with E-state index in [2.05, 4.69) is 4.98 Å².